The summed E-state index contributed by atoms with van der Waals surface area (Å²) >= 11 is 0. The molecule has 0 N–H and O–H groups in total. The molecule has 3 heterocycles. The van der Waals surface area contributed by atoms with Crippen molar-refractivity contribution in [3.63, 3.8) is 0 Å². The Balaban J connectivity index is 1.19. The van der Waals surface area contributed by atoms with Crippen LogP contribution in [0, 0.1) is 0 Å². The lowest BCUT2D eigenvalue weighted by Crippen LogP contribution is -2.46. The molecule has 0 bridgehead atoms. The zero-order chi connectivity index (χ0) is 22.2. The third-order valence-corrected chi connectivity index (χ3v) is 7.15. The normalized spacial score (nSPS) is 27.5. The highest BCUT2D eigenvalue weighted by Crippen LogP contribution is 2.33. The quantitative estimate of drug-likeness (QED) is 0.677. The standard InChI is InChI=1S/C25H44N4O2/c1-24(2,3)29-13-7-19(8-14-29)28-17-23(26-18-28)27-11-9-20(10-12-27)30-21-15-22(16-21)31-25(4,5)6/h17-22H,7-16H2,1-6H3/t21-,22-. The molecule has 1 aromatic rings. The Morgan fingerprint density at radius 1 is 0.839 bits per heavy atom. The SMILES string of the molecule is CC(C)(C)O[C@H]1C[C@H](OC2CCN(c3cn(C4CCN(C(C)(C)C)CC4)cn3)CC2)C1. The molecule has 3 aliphatic rings. The molecule has 0 atom stereocenters. The van der Waals surface area contributed by atoms with Crippen molar-refractivity contribution < 1.29 is 9.47 Å². The Kier molecular flexibility index (Phi) is 6.72. The van der Waals surface area contributed by atoms with E-state index in [2.05, 4.69) is 68.4 Å². The fourth-order valence-corrected chi connectivity index (χ4v) is 5.24. The van der Waals surface area contributed by atoms with Crippen LogP contribution in [-0.4, -0.2) is 70.1 Å². The lowest BCUT2D eigenvalue weighted by Gasteiger charge is -2.42. The Labute approximate surface area is 189 Å². The second kappa shape index (κ2) is 9.03. The Bertz CT molecular complexity index is 698. The average molecular weight is 433 g/mol. The number of rotatable bonds is 5. The van der Waals surface area contributed by atoms with Gasteiger partial charge in [0.2, 0.25) is 0 Å². The van der Waals surface area contributed by atoms with Crippen molar-refractivity contribution in [3.05, 3.63) is 12.5 Å². The summed E-state index contributed by atoms with van der Waals surface area (Å²) in [6.07, 6.45) is 12.2. The maximum absolute atomic E-state index is 6.36. The number of anilines is 1. The molecule has 1 aliphatic carbocycles. The molecule has 2 saturated heterocycles. The maximum atomic E-state index is 6.36. The maximum Gasteiger partial charge on any atom is 0.146 e. The Morgan fingerprint density at radius 2 is 1.48 bits per heavy atom. The largest absolute Gasteiger partial charge is 0.375 e. The highest BCUT2D eigenvalue weighted by molar-refractivity contribution is 5.36. The van der Waals surface area contributed by atoms with Gasteiger partial charge in [-0.15, -0.1) is 0 Å². The average Bonchev–Trinajstić information content (AvgIpc) is 3.15. The summed E-state index contributed by atoms with van der Waals surface area (Å²) < 4.78 is 14.8. The minimum atomic E-state index is -0.0476. The smallest absolute Gasteiger partial charge is 0.146 e. The molecule has 0 spiro atoms. The molecule has 1 aromatic heterocycles. The first-order chi connectivity index (χ1) is 14.6. The van der Waals surface area contributed by atoms with E-state index in [0.29, 0.717) is 24.4 Å². The van der Waals surface area contributed by atoms with E-state index < -0.39 is 0 Å². The van der Waals surface area contributed by atoms with Crippen LogP contribution in [0.4, 0.5) is 5.82 Å². The van der Waals surface area contributed by atoms with E-state index in [-0.39, 0.29) is 11.1 Å². The molecular formula is C25H44N4O2. The summed E-state index contributed by atoms with van der Waals surface area (Å²) in [6, 6.07) is 0.586. The number of hydrogen-bond donors (Lipinski definition) is 0. The van der Waals surface area contributed by atoms with Crippen LogP contribution in [0.15, 0.2) is 12.5 Å². The van der Waals surface area contributed by atoms with E-state index in [4.69, 9.17) is 14.5 Å². The van der Waals surface area contributed by atoms with Gasteiger partial charge >= 0.3 is 0 Å². The third-order valence-electron chi connectivity index (χ3n) is 7.15. The fraction of sp³-hybridized carbons (Fsp3) is 0.880. The summed E-state index contributed by atoms with van der Waals surface area (Å²) in [5.74, 6) is 1.14. The Morgan fingerprint density at radius 3 is 2.06 bits per heavy atom. The van der Waals surface area contributed by atoms with E-state index in [9.17, 15) is 0 Å². The van der Waals surface area contributed by atoms with Gasteiger partial charge in [0.25, 0.3) is 0 Å². The highest BCUT2D eigenvalue weighted by Gasteiger charge is 2.36. The van der Waals surface area contributed by atoms with Gasteiger partial charge in [0, 0.05) is 44.0 Å². The van der Waals surface area contributed by atoms with Gasteiger partial charge in [0.15, 0.2) is 0 Å². The number of imidazole rings is 1. The van der Waals surface area contributed by atoms with Crippen LogP contribution in [-0.2, 0) is 9.47 Å². The molecule has 1 saturated carbocycles. The first-order valence-electron chi connectivity index (χ1n) is 12.4. The first kappa shape index (κ1) is 23.1. The van der Waals surface area contributed by atoms with Crippen LogP contribution in [0.25, 0.3) is 0 Å². The molecular weight excluding hydrogens is 388 g/mol. The van der Waals surface area contributed by atoms with Crippen LogP contribution in [0.3, 0.4) is 0 Å². The van der Waals surface area contributed by atoms with E-state index in [1.807, 2.05) is 0 Å². The van der Waals surface area contributed by atoms with E-state index >= 15 is 0 Å². The van der Waals surface area contributed by atoms with Gasteiger partial charge in [0.05, 0.1) is 30.2 Å². The number of aromatic nitrogens is 2. The lowest BCUT2D eigenvalue weighted by atomic mass is 9.90. The predicted octanol–water partition coefficient (Wildman–Crippen LogP) is 4.65. The number of nitrogens with zero attached hydrogens (tertiary/aromatic N) is 4. The number of piperidine rings is 2. The minimum Gasteiger partial charge on any atom is -0.375 e. The van der Waals surface area contributed by atoms with Crippen LogP contribution in [0.5, 0.6) is 0 Å². The van der Waals surface area contributed by atoms with Crippen molar-refractivity contribution in [2.75, 3.05) is 31.1 Å². The monoisotopic (exact) mass is 432 g/mol. The molecule has 6 nitrogen and oxygen atoms in total. The van der Waals surface area contributed by atoms with Crippen molar-refractivity contribution in [1.29, 1.82) is 0 Å². The van der Waals surface area contributed by atoms with Gasteiger partial charge < -0.3 is 18.9 Å². The number of ether oxygens (including phenoxy) is 2. The van der Waals surface area contributed by atoms with Gasteiger partial charge in [-0.25, -0.2) is 4.98 Å². The molecule has 0 radical (unpaired) electrons. The minimum absolute atomic E-state index is 0.0476. The number of hydrogen-bond acceptors (Lipinski definition) is 5. The summed E-state index contributed by atoms with van der Waals surface area (Å²) in [5, 5.41) is 0. The topological polar surface area (TPSA) is 42.8 Å². The van der Waals surface area contributed by atoms with Gasteiger partial charge in [0.1, 0.15) is 5.82 Å². The van der Waals surface area contributed by atoms with Gasteiger partial charge in [-0.1, -0.05) is 0 Å². The molecule has 2 aliphatic heterocycles. The van der Waals surface area contributed by atoms with Gasteiger partial charge in [-0.3, -0.25) is 4.90 Å². The van der Waals surface area contributed by atoms with Crippen molar-refractivity contribution >= 4 is 5.82 Å². The predicted molar refractivity (Wildman–Crippen MR) is 126 cm³/mol. The van der Waals surface area contributed by atoms with E-state index in [0.717, 1.165) is 44.6 Å². The zero-order valence-electron chi connectivity index (χ0n) is 20.6. The zero-order valence-corrected chi connectivity index (χ0v) is 20.6. The molecule has 0 amide bonds. The summed E-state index contributed by atoms with van der Waals surface area (Å²) in [4.78, 5) is 9.80. The second-order valence-corrected chi connectivity index (χ2v) is 11.8. The van der Waals surface area contributed by atoms with Gasteiger partial charge in [-0.2, -0.15) is 0 Å². The Hall–Kier alpha value is -1.11. The molecule has 3 fully saturated rings. The van der Waals surface area contributed by atoms with E-state index in [1.165, 1.54) is 25.9 Å². The van der Waals surface area contributed by atoms with Crippen molar-refractivity contribution in [2.24, 2.45) is 0 Å². The van der Waals surface area contributed by atoms with Crippen LogP contribution < -0.4 is 4.90 Å². The van der Waals surface area contributed by atoms with Crippen molar-refractivity contribution in [3.8, 4) is 0 Å². The van der Waals surface area contributed by atoms with Crippen molar-refractivity contribution in [1.82, 2.24) is 14.5 Å². The second-order valence-electron chi connectivity index (χ2n) is 11.8. The molecule has 4 rings (SSSR count). The number of likely N-dealkylation sites (tertiary alicyclic amines) is 1. The molecule has 31 heavy (non-hydrogen) atoms. The molecule has 0 unspecified atom stereocenters. The van der Waals surface area contributed by atoms with Crippen molar-refractivity contribution in [2.45, 2.75) is 116 Å². The summed E-state index contributed by atoms with van der Waals surface area (Å²) in [7, 11) is 0. The molecule has 176 valence electrons. The summed E-state index contributed by atoms with van der Waals surface area (Å²) in [6.45, 7) is 17.8. The molecule has 0 aromatic carbocycles. The van der Waals surface area contributed by atoms with Crippen LogP contribution in [0.1, 0.15) is 86.1 Å². The summed E-state index contributed by atoms with van der Waals surface area (Å²) in [5.41, 5.74) is 0.228. The lowest BCUT2D eigenvalue weighted by molar-refractivity contribution is -0.164. The van der Waals surface area contributed by atoms with Crippen LogP contribution >= 0.6 is 0 Å². The van der Waals surface area contributed by atoms with Gasteiger partial charge in [-0.05, 0) is 80.1 Å². The molecule has 6 heteroatoms. The fourth-order valence-electron chi connectivity index (χ4n) is 5.24. The van der Waals surface area contributed by atoms with Crippen LogP contribution in [0.2, 0.25) is 0 Å². The highest BCUT2D eigenvalue weighted by atomic mass is 16.5. The first-order valence-corrected chi connectivity index (χ1v) is 12.4. The van der Waals surface area contributed by atoms with E-state index in [1.54, 1.807) is 0 Å². The third kappa shape index (κ3) is 6.02.